The van der Waals surface area contributed by atoms with Crippen LogP contribution in [0, 0.1) is 5.82 Å². The van der Waals surface area contributed by atoms with Crippen molar-refractivity contribution in [2.24, 2.45) is 0 Å². The highest BCUT2D eigenvalue weighted by Crippen LogP contribution is 2.32. The molecule has 0 saturated heterocycles. The first-order valence-corrected chi connectivity index (χ1v) is 12.6. The average molecular weight is 518 g/mol. The Bertz CT molecular complexity index is 1420. The van der Waals surface area contributed by atoms with Gasteiger partial charge in [0.25, 0.3) is 0 Å². The van der Waals surface area contributed by atoms with Crippen LogP contribution in [-0.2, 0) is 16.1 Å². The molecule has 0 fully saturated rings. The molecule has 4 rings (SSSR count). The molecule has 3 aromatic carbocycles. The van der Waals surface area contributed by atoms with Crippen molar-refractivity contribution in [2.75, 3.05) is 11.5 Å². The van der Waals surface area contributed by atoms with E-state index in [1.54, 1.807) is 48.5 Å². The summed E-state index contributed by atoms with van der Waals surface area (Å²) in [6.45, 7) is 7.88. The maximum Gasteiger partial charge on any atom is 0.249 e. The van der Waals surface area contributed by atoms with E-state index in [4.69, 9.17) is 4.74 Å². The van der Waals surface area contributed by atoms with Crippen LogP contribution >= 0.6 is 0 Å². The lowest BCUT2D eigenvalue weighted by atomic mass is 9.98. The number of fused-ring (bicyclic) bond motifs is 1. The predicted octanol–water partition coefficient (Wildman–Crippen LogP) is 5.05. The first kappa shape index (κ1) is 26.8. The first-order chi connectivity index (χ1) is 18.2. The van der Waals surface area contributed by atoms with Crippen LogP contribution in [0.3, 0.4) is 0 Å². The van der Waals surface area contributed by atoms with Crippen LogP contribution in [0.4, 0.5) is 10.1 Å². The molecule has 4 aromatic rings. The van der Waals surface area contributed by atoms with Gasteiger partial charge in [-0.05, 0) is 69.2 Å². The predicted molar refractivity (Wildman–Crippen MR) is 144 cm³/mol. The van der Waals surface area contributed by atoms with Crippen molar-refractivity contribution in [1.82, 2.24) is 20.3 Å². The van der Waals surface area contributed by atoms with Crippen molar-refractivity contribution in [3.63, 3.8) is 0 Å². The summed E-state index contributed by atoms with van der Waals surface area (Å²) in [6, 6.07) is 18.9. The van der Waals surface area contributed by atoms with Gasteiger partial charge in [0.15, 0.2) is 0 Å². The second-order valence-corrected chi connectivity index (χ2v) is 9.58. The van der Waals surface area contributed by atoms with Crippen LogP contribution < -0.4 is 15.0 Å². The van der Waals surface area contributed by atoms with E-state index in [1.165, 1.54) is 21.7 Å². The number of anilines is 1. The third-order valence-electron chi connectivity index (χ3n) is 6.44. The van der Waals surface area contributed by atoms with Crippen molar-refractivity contribution >= 4 is 28.5 Å². The zero-order valence-corrected chi connectivity index (χ0v) is 22.0. The molecule has 0 saturated carbocycles. The number of amides is 2. The molecule has 0 aliphatic rings. The Kier molecular flexibility index (Phi) is 8.05. The van der Waals surface area contributed by atoms with E-state index in [0.717, 1.165) is 0 Å². The Morgan fingerprint density at radius 2 is 1.71 bits per heavy atom. The van der Waals surface area contributed by atoms with E-state index in [-0.39, 0.29) is 12.2 Å². The number of nitrogens with zero attached hydrogens (tertiary/aromatic N) is 4. The molecule has 38 heavy (non-hydrogen) atoms. The van der Waals surface area contributed by atoms with Crippen molar-refractivity contribution in [3.05, 3.63) is 84.2 Å². The molecular formula is C29H32FN5O3. The lowest BCUT2D eigenvalue weighted by molar-refractivity contribution is -0.128. The number of hydrogen-bond acceptors (Lipinski definition) is 5. The van der Waals surface area contributed by atoms with Gasteiger partial charge < -0.3 is 10.1 Å². The summed E-state index contributed by atoms with van der Waals surface area (Å²) in [6.07, 6.45) is 0.660. The van der Waals surface area contributed by atoms with Crippen LogP contribution in [0.2, 0.25) is 0 Å². The molecule has 0 spiro atoms. The van der Waals surface area contributed by atoms with Gasteiger partial charge in [0.1, 0.15) is 29.7 Å². The molecule has 0 bridgehead atoms. The van der Waals surface area contributed by atoms with Crippen LogP contribution in [0.15, 0.2) is 72.8 Å². The topological polar surface area (TPSA) is 89.4 Å². The van der Waals surface area contributed by atoms with Gasteiger partial charge in [0, 0.05) is 5.54 Å². The molecule has 1 heterocycles. The zero-order chi connectivity index (χ0) is 27.3. The second-order valence-electron chi connectivity index (χ2n) is 9.58. The number of benzene rings is 3. The van der Waals surface area contributed by atoms with Crippen LogP contribution in [0.25, 0.3) is 11.0 Å². The fraction of sp³-hybridized carbons (Fsp3) is 0.310. The Hall–Kier alpha value is -4.27. The average Bonchev–Trinajstić information content (AvgIpc) is 3.31. The number of carbonyl (C=O) groups is 2. The lowest BCUT2D eigenvalue weighted by Crippen LogP contribution is -2.51. The van der Waals surface area contributed by atoms with Crippen molar-refractivity contribution in [3.8, 4) is 5.75 Å². The molecule has 2 amide bonds. The largest absolute Gasteiger partial charge is 0.494 e. The van der Waals surface area contributed by atoms with Gasteiger partial charge >= 0.3 is 0 Å². The molecule has 0 aliphatic carbocycles. The van der Waals surface area contributed by atoms with Crippen molar-refractivity contribution in [1.29, 1.82) is 0 Å². The van der Waals surface area contributed by atoms with E-state index in [0.29, 0.717) is 35.4 Å². The highest BCUT2D eigenvalue weighted by atomic mass is 19.1. The zero-order valence-electron chi connectivity index (χ0n) is 22.0. The molecule has 1 unspecified atom stereocenters. The third kappa shape index (κ3) is 5.82. The third-order valence-corrected chi connectivity index (χ3v) is 6.44. The quantitative estimate of drug-likeness (QED) is 0.318. The SMILES string of the molecule is CCOc1ccc(C(C(=O)NC(C)(C)CC)N(C(=O)Cn2nnc3ccccc32)c2ccccc2F)cc1. The number of ether oxygens (including phenoxy) is 1. The maximum absolute atomic E-state index is 15.3. The second kappa shape index (κ2) is 11.4. The van der Waals surface area contributed by atoms with Crippen LogP contribution in [-0.4, -0.2) is 39.0 Å². The molecule has 8 nitrogen and oxygen atoms in total. The summed E-state index contributed by atoms with van der Waals surface area (Å²) in [4.78, 5) is 29.1. The number of hydrogen-bond donors (Lipinski definition) is 1. The molecule has 1 N–H and O–H groups in total. The minimum Gasteiger partial charge on any atom is -0.494 e. The Morgan fingerprint density at radius 1 is 1.03 bits per heavy atom. The molecule has 9 heteroatoms. The molecule has 1 aromatic heterocycles. The Labute approximate surface area is 221 Å². The smallest absolute Gasteiger partial charge is 0.249 e. The number of nitrogens with one attached hydrogen (secondary N) is 1. The molecular weight excluding hydrogens is 485 g/mol. The van der Waals surface area contributed by atoms with Crippen LogP contribution in [0.1, 0.15) is 45.7 Å². The number of para-hydroxylation sites is 2. The fourth-order valence-corrected chi connectivity index (χ4v) is 4.12. The van der Waals surface area contributed by atoms with E-state index >= 15 is 4.39 Å². The van der Waals surface area contributed by atoms with Crippen LogP contribution in [0.5, 0.6) is 5.75 Å². The van der Waals surface area contributed by atoms with E-state index in [9.17, 15) is 9.59 Å². The first-order valence-electron chi connectivity index (χ1n) is 12.6. The molecule has 198 valence electrons. The van der Waals surface area contributed by atoms with Crippen molar-refractivity contribution < 1.29 is 18.7 Å². The standard InChI is InChI=1S/C29H32FN5O3/c1-5-29(3,4)31-28(37)27(20-15-17-21(18-16-20)38-6-2)35(24-13-9-7-11-22(24)30)26(36)19-34-25-14-10-8-12-23(25)32-33-34/h7-18,27H,5-6,19H2,1-4H3,(H,31,37). The number of rotatable bonds is 10. The number of carbonyl (C=O) groups excluding carboxylic acids is 2. The summed E-state index contributed by atoms with van der Waals surface area (Å²) in [5, 5.41) is 11.3. The van der Waals surface area contributed by atoms with Gasteiger partial charge in [-0.25, -0.2) is 9.07 Å². The van der Waals surface area contributed by atoms with Gasteiger partial charge in [0.05, 0.1) is 17.8 Å². The van der Waals surface area contributed by atoms with E-state index < -0.39 is 29.2 Å². The summed E-state index contributed by atoms with van der Waals surface area (Å²) in [5.41, 5.74) is 1.24. The minimum atomic E-state index is -1.16. The summed E-state index contributed by atoms with van der Waals surface area (Å²) >= 11 is 0. The van der Waals surface area contributed by atoms with Crippen molar-refractivity contribution in [2.45, 2.75) is 52.2 Å². The molecule has 0 aliphatic heterocycles. The highest BCUT2D eigenvalue weighted by Gasteiger charge is 2.36. The highest BCUT2D eigenvalue weighted by molar-refractivity contribution is 6.01. The number of aromatic nitrogens is 3. The summed E-state index contributed by atoms with van der Waals surface area (Å²) in [7, 11) is 0. The summed E-state index contributed by atoms with van der Waals surface area (Å²) in [5.74, 6) is -0.944. The monoisotopic (exact) mass is 517 g/mol. The van der Waals surface area contributed by atoms with Gasteiger partial charge in [-0.3, -0.25) is 14.5 Å². The van der Waals surface area contributed by atoms with Gasteiger partial charge in [-0.1, -0.05) is 48.5 Å². The lowest BCUT2D eigenvalue weighted by Gasteiger charge is -2.34. The molecule has 0 radical (unpaired) electrons. The number of halogens is 1. The van der Waals surface area contributed by atoms with Gasteiger partial charge in [0.2, 0.25) is 11.8 Å². The van der Waals surface area contributed by atoms with Gasteiger partial charge in [-0.15, -0.1) is 5.10 Å². The maximum atomic E-state index is 15.3. The van der Waals surface area contributed by atoms with E-state index in [2.05, 4.69) is 15.6 Å². The normalized spacial score (nSPS) is 12.2. The Balaban J connectivity index is 1.82. The summed E-state index contributed by atoms with van der Waals surface area (Å²) < 4.78 is 22.3. The fourth-order valence-electron chi connectivity index (χ4n) is 4.12. The molecule has 1 atom stereocenters. The Morgan fingerprint density at radius 3 is 2.39 bits per heavy atom. The minimum absolute atomic E-state index is 0.00902. The van der Waals surface area contributed by atoms with E-state index in [1.807, 2.05) is 39.8 Å². The van der Waals surface area contributed by atoms with Gasteiger partial charge in [-0.2, -0.15) is 0 Å².